The third kappa shape index (κ3) is 3.56. The van der Waals surface area contributed by atoms with Crippen LogP contribution in [0.2, 0.25) is 5.02 Å². The maximum absolute atomic E-state index is 9.47. The number of ether oxygens (including phenoxy) is 1. The Balaban J connectivity index is 2.68. The van der Waals surface area contributed by atoms with E-state index >= 15 is 0 Å². The molecule has 0 aromatic heterocycles. The SMILES string of the molecule is Cc1cc(Cl)ccc1OCC(C)(C)O. The normalized spacial score (nSPS) is 11.5. The van der Waals surface area contributed by atoms with Gasteiger partial charge in [0.05, 0.1) is 5.60 Å². The van der Waals surface area contributed by atoms with Gasteiger partial charge in [0, 0.05) is 5.02 Å². The first-order valence-corrected chi connectivity index (χ1v) is 4.87. The molecular formula is C11H15ClO2. The number of benzene rings is 1. The molecule has 0 atom stereocenters. The van der Waals surface area contributed by atoms with Crippen molar-refractivity contribution in [2.75, 3.05) is 6.61 Å². The first-order valence-electron chi connectivity index (χ1n) is 4.50. The molecule has 2 nitrogen and oxygen atoms in total. The molecule has 0 bridgehead atoms. The number of aryl methyl sites for hydroxylation is 1. The van der Waals surface area contributed by atoms with Crippen LogP contribution in [0.5, 0.6) is 5.75 Å². The summed E-state index contributed by atoms with van der Waals surface area (Å²) >= 11 is 5.80. The highest BCUT2D eigenvalue weighted by Gasteiger charge is 2.13. The highest BCUT2D eigenvalue weighted by Crippen LogP contribution is 2.22. The molecule has 0 aliphatic carbocycles. The molecule has 78 valence electrons. The Hall–Kier alpha value is -0.730. The van der Waals surface area contributed by atoms with Crippen LogP contribution in [0, 0.1) is 6.92 Å². The molecule has 14 heavy (non-hydrogen) atoms. The minimum Gasteiger partial charge on any atom is -0.490 e. The van der Waals surface area contributed by atoms with Crippen molar-refractivity contribution in [3.8, 4) is 5.75 Å². The van der Waals surface area contributed by atoms with Crippen LogP contribution in [-0.4, -0.2) is 17.3 Å². The fourth-order valence-electron chi connectivity index (χ4n) is 1.03. The first-order chi connectivity index (χ1) is 6.38. The highest BCUT2D eigenvalue weighted by molar-refractivity contribution is 6.30. The Morgan fingerprint density at radius 3 is 2.57 bits per heavy atom. The summed E-state index contributed by atoms with van der Waals surface area (Å²) in [6.07, 6.45) is 0. The van der Waals surface area contributed by atoms with Crippen LogP contribution in [0.4, 0.5) is 0 Å². The second-order valence-electron chi connectivity index (χ2n) is 4.01. The van der Waals surface area contributed by atoms with E-state index in [4.69, 9.17) is 16.3 Å². The van der Waals surface area contributed by atoms with E-state index in [1.54, 1.807) is 19.9 Å². The average molecular weight is 215 g/mol. The van der Waals surface area contributed by atoms with Crippen LogP contribution < -0.4 is 4.74 Å². The minimum atomic E-state index is -0.813. The predicted molar refractivity (Wildman–Crippen MR) is 58.0 cm³/mol. The smallest absolute Gasteiger partial charge is 0.122 e. The van der Waals surface area contributed by atoms with Crippen LogP contribution in [-0.2, 0) is 0 Å². The number of aliphatic hydroxyl groups is 1. The molecular weight excluding hydrogens is 200 g/mol. The minimum absolute atomic E-state index is 0.273. The predicted octanol–water partition coefficient (Wildman–Crippen LogP) is 2.80. The van der Waals surface area contributed by atoms with Gasteiger partial charge in [-0.1, -0.05) is 11.6 Å². The topological polar surface area (TPSA) is 29.5 Å². The summed E-state index contributed by atoms with van der Waals surface area (Å²) in [5.41, 5.74) is 0.160. The molecule has 0 spiro atoms. The zero-order valence-corrected chi connectivity index (χ0v) is 9.43. The van der Waals surface area contributed by atoms with Crippen molar-refractivity contribution >= 4 is 11.6 Å². The molecule has 0 amide bonds. The maximum Gasteiger partial charge on any atom is 0.122 e. The summed E-state index contributed by atoms with van der Waals surface area (Å²) in [6, 6.07) is 5.42. The van der Waals surface area contributed by atoms with Gasteiger partial charge in [0.1, 0.15) is 12.4 Å². The third-order valence-corrected chi connectivity index (χ3v) is 1.95. The first kappa shape index (κ1) is 11.3. The van der Waals surface area contributed by atoms with E-state index in [9.17, 15) is 5.11 Å². The molecule has 1 N–H and O–H groups in total. The van der Waals surface area contributed by atoms with Gasteiger partial charge in [-0.3, -0.25) is 0 Å². The van der Waals surface area contributed by atoms with Crippen LogP contribution >= 0.6 is 11.6 Å². The maximum atomic E-state index is 9.47. The zero-order chi connectivity index (χ0) is 10.8. The highest BCUT2D eigenvalue weighted by atomic mass is 35.5. The lowest BCUT2D eigenvalue weighted by atomic mass is 10.1. The lowest BCUT2D eigenvalue weighted by Gasteiger charge is -2.18. The van der Waals surface area contributed by atoms with Crippen LogP contribution in [0.3, 0.4) is 0 Å². The van der Waals surface area contributed by atoms with Crippen molar-refractivity contribution in [3.63, 3.8) is 0 Å². The van der Waals surface area contributed by atoms with Crippen LogP contribution in [0.1, 0.15) is 19.4 Å². The van der Waals surface area contributed by atoms with Gasteiger partial charge in [-0.25, -0.2) is 0 Å². The lowest BCUT2D eigenvalue weighted by molar-refractivity contribution is 0.0283. The van der Waals surface area contributed by atoms with Crippen molar-refractivity contribution in [3.05, 3.63) is 28.8 Å². The Morgan fingerprint density at radius 1 is 1.43 bits per heavy atom. The molecule has 0 aliphatic rings. The second kappa shape index (κ2) is 4.20. The van der Waals surface area contributed by atoms with E-state index in [2.05, 4.69) is 0 Å². The van der Waals surface area contributed by atoms with Gasteiger partial charge in [-0.05, 0) is 44.5 Å². The molecule has 0 heterocycles. The lowest BCUT2D eigenvalue weighted by Crippen LogP contribution is -2.28. The summed E-state index contributed by atoms with van der Waals surface area (Å²) in [5, 5.41) is 10.2. The summed E-state index contributed by atoms with van der Waals surface area (Å²) < 4.78 is 5.45. The van der Waals surface area contributed by atoms with Gasteiger partial charge < -0.3 is 9.84 Å². The van der Waals surface area contributed by atoms with Gasteiger partial charge in [-0.15, -0.1) is 0 Å². The summed E-state index contributed by atoms with van der Waals surface area (Å²) in [7, 11) is 0. The van der Waals surface area contributed by atoms with Crippen LogP contribution in [0.25, 0.3) is 0 Å². The number of hydrogen-bond donors (Lipinski definition) is 1. The quantitative estimate of drug-likeness (QED) is 0.839. The van der Waals surface area contributed by atoms with Gasteiger partial charge in [-0.2, -0.15) is 0 Å². The Bertz CT molecular complexity index is 316. The molecule has 0 saturated carbocycles. The van der Waals surface area contributed by atoms with E-state index in [0.717, 1.165) is 11.3 Å². The monoisotopic (exact) mass is 214 g/mol. The van der Waals surface area contributed by atoms with Crippen molar-refractivity contribution in [2.24, 2.45) is 0 Å². The Morgan fingerprint density at radius 2 is 2.07 bits per heavy atom. The largest absolute Gasteiger partial charge is 0.490 e. The van der Waals surface area contributed by atoms with E-state index < -0.39 is 5.60 Å². The van der Waals surface area contributed by atoms with Crippen molar-refractivity contribution in [1.82, 2.24) is 0 Å². The molecule has 1 aromatic rings. The molecule has 0 saturated heterocycles. The molecule has 0 radical (unpaired) electrons. The molecule has 0 unspecified atom stereocenters. The van der Waals surface area contributed by atoms with Gasteiger partial charge in [0.25, 0.3) is 0 Å². The number of rotatable bonds is 3. The van der Waals surface area contributed by atoms with E-state index in [-0.39, 0.29) is 6.61 Å². The average Bonchev–Trinajstić information content (AvgIpc) is 2.00. The van der Waals surface area contributed by atoms with E-state index in [1.165, 1.54) is 0 Å². The second-order valence-corrected chi connectivity index (χ2v) is 4.45. The van der Waals surface area contributed by atoms with Crippen molar-refractivity contribution in [1.29, 1.82) is 0 Å². The number of halogens is 1. The van der Waals surface area contributed by atoms with Crippen molar-refractivity contribution < 1.29 is 9.84 Å². The summed E-state index contributed by atoms with van der Waals surface area (Å²) in [5.74, 6) is 0.761. The fraction of sp³-hybridized carbons (Fsp3) is 0.455. The van der Waals surface area contributed by atoms with Gasteiger partial charge in [0.15, 0.2) is 0 Å². The fourth-order valence-corrected chi connectivity index (χ4v) is 1.26. The van der Waals surface area contributed by atoms with Gasteiger partial charge in [0.2, 0.25) is 0 Å². The zero-order valence-electron chi connectivity index (χ0n) is 8.67. The van der Waals surface area contributed by atoms with Crippen molar-refractivity contribution in [2.45, 2.75) is 26.4 Å². The van der Waals surface area contributed by atoms with E-state index in [0.29, 0.717) is 5.02 Å². The Labute approximate surface area is 89.5 Å². The third-order valence-electron chi connectivity index (χ3n) is 1.72. The van der Waals surface area contributed by atoms with Gasteiger partial charge >= 0.3 is 0 Å². The standard InChI is InChI=1S/C11H15ClO2/c1-8-6-9(12)4-5-10(8)14-7-11(2,3)13/h4-6,13H,7H2,1-3H3. The van der Waals surface area contributed by atoms with E-state index in [1.807, 2.05) is 19.1 Å². The summed E-state index contributed by atoms with van der Waals surface area (Å²) in [4.78, 5) is 0. The van der Waals surface area contributed by atoms with Crippen LogP contribution in [0.15, 0.2) is 18.2 Å². The molecule has 1 rings (SSSR count). The molecule has 1 aromatic carbocycles. The summed E-state index contributed by atoms with van der Waals surface area (Å²) in [6.45, 7) is 5.61. The molecule has 0 fully saturated rings. The number of hydrogen-bond acceptors (Lipinski definition) is 2. The molecule has 0 aliphatic heterocycles. The molecule has 3 heteroatoms. The Kier molecular flexibility index (Phi) is 3.40.